The number of likely N-dealkylation sites (tertiary alicyclic amines) is 1. The highest BCUT2D eigenvalue weighted by Crippen LogP contribution is 2.38. The number of nitrogens with zero attached hydrogens (tertiary/aromatic N) is 1. The summed E-state index contributed by atoms with van der Waals surface area (Å²) in [4.78, 5) is 15.1. The average Bonchev–Trinajstić information content (AvgIpc) is 3.21. The van der Waals surface area contributed by atoms with E-state index in [1.165, 1.54) is 12.8 Å². The molecule has 1 amide bonds. The largest absolute Gasteiger partial charge is 0.486 e. The van der Waals surface area contributed by atoms with E-state index in [0.29, 0.717) is 42.7 Å². The van der Waals surface area contributed by atoms with E-state index < -0.39 is 0 Å². The fraction of sp³-hybridized carbons (Fsp3) is 0.409. The summed E-state index contributed by atoms with van der Waals surface area (Å²) in [5, 5.41) is 3.59. The highest BCUT2D eigenvalue weighted by Gasteiger charge is 2.18. The van der Waals surface area contributed by atoms with Crippen molar-refractivity contribution in [1.82, 2.24) is 10.2 Å². The molecule has 2 aliphatic heterocycles. The minimum Gasteiger partial charge on any atom is -0.486 e. The zero-order chi connectivity index (χ0) is 19.3. The van der Waals surface area contributed by atoms with Gasteiger partial charge in [0.2, 0.25) is 0 Å². The second kappa shape index (κ2) is 10.3. The molecular formula is C22H26BrClN2O3. The molecule has 0 spiro atoms. The van der Waals surface area contributed by atoms with Gasteiger partial charge in [-0.05, 0) is 61.7 Å². The van der Waals surface area contributed by atoms with Crippen molar-refractivity contribution >= 4 is 34.5 Å². The molecule has 2 aromatic rings. The predicted molar refractivity (Wildman–Crippen MR) is 120 cm³/mol. The van der Waals surface area contributed by atoms with Gasteiger partial charge >= 0.3 is 0 Å². The monoisotopic (exact) mass is 480 g/mol. The van der Waals surface area contributed by atoms with Gasteiger partial charge in [0.25, 0.3) is 5.91 Å². The third-order valence-corrected chi connectivity index (χ3v) is 5.49. The number of amides is 1. The zero-order valence-electron chi connectivity index (χ0n) is 16.3. The molecule has 1 fully saturated rings. The Morgan fingerprint density at radius 2 is 1.86 bits per heavy atom. The number of rotatable bonds is 6. The van der Waals surface area contributed by atoms with Gasteiger partial charge in [0.1, 0.15) is 13.2 Å². The van der Waals surface area contributed by atoms with Crippen LogP contribution in [0.25, 0.3) is 0 Å². The van der Waals surface area contributed by atoms with E-state index in [0.717, 1.165) is 36.3 Å². The average molecular weight is 482 g/mol. The molecule has 0 bridgehead atoms. The summed E-state index contributed by atoms with van der Waals surface area (Å²) in [6, 6.07) is 11.7. The quantitative estimate of drug-likeness (QED) is 0.670. The van der Waals surface area contributed by atoms with Gasteiger partial charge in [0.05, 0.1) is 5.02 Å². The number of fused-ring (bicyclic) bond motifs is 1. The van der Waals surface area contributed by atoms with Crippen LogP contribution in [0.15, 0.2) is 36.4 Å². The lowest BCUT2D eigenvalue weighted by Gasteiger charge is -2.20. The SMILES string of the molecule is Br.O=C(NCCc1cc(Cl)c2c(c1)OCCO2)c1ccccc1CN1CCCC1. The summed E-state index contributed by atoms with van der Waals surface area (Å²) in [7, 11) is 0. The fourth-order valence-electron chi connectivity index (χ4n) is 3.79. The molecule has 156 valence electrons. The molecule has 2 aliphatic rings. The van der Waals surface area contributed by atoms with E-state index in [1.54, 1.807) is 0 Å². The summed E-state index contributed by atoms with van der Waals surface area (Å²) < 4.78 is 11.2. The van der Waals surface area contributed by atoms with Crippen molar-refractivity contribution < 1.29 is 14.3 Å². The summed E-state index contributed by atoms with van der Waals surface area (Å²) in [5.74, 6) is 1.26. The molecule has 2 aromatic carbocycles. The Hall–Kier alpha value is -1.76. The van der Waals surface area contributed by atoms with Gasteiger partial charge in [-0.3, -0.25) is 9.69 Å². The molecule has 0 radical (unpaired) electrons. The third kappa shape index (κ3) is 5.44. The van der Waals surface area contributed by atoms with Crippen LogP contribution >= 0.6 is 28.6 Å². The van der Waals surface area contributed by atoms with Crippen molar-refractivity contribution in [2.45, 2.75) is 25.8 Å². The van der Waals surface area contributed by atoms with Crippen molar-refractivity contribution in [1.29, 1.82) is 0 Å². The molecule has 0 saturated carbocycles. The van der Waals surface area contributed by atoms with E-state index >= 15 is 0 Å². The van der Waals surface area contributed by atoms with Crippen LogP contribution in [0.4, 0.5) is 0 Å². The first-order chi connectivity index (χ1) is 13.7. The van der Waals surface area contributed by atoms with Crippen molar-refractivity contribution in [3.63, 3.8) is 0 Å². The topological polar surface area (TPSA) is 50.8 Å². The van der Waals surface area contributed by atoms with Gasteiger partial charge in [-0.2, -0.15) is 0 Å². The highest BCUT2D eigenvalue weighted by molar-refractivity contribution is 8.93. The Bertz CT molecular complexity index is 856. The molecule has 4 rings (SSSR count). The van der Waals surface area contributed by atoms with E-state index in [4.69, 9.17) is 21.1 Å². The van der Waals surface area contributed by atoms with Gasteiger partial charge in [-0.15, -0.1) is 17.0 Å². The van der Waals surface area contributed by atoms with Crippen LogP contribution in [-0.2, 0) is 13.0 Å². The number of hydrogen-bond donors (Lipinski definition) is 1. The lowest BCUT2D eigenvalue weighted by atomic mass is 10.1. The standard InChI is InChI=1S/C22H25ClN2O3.BrH/c23-19-13-16(14-20-21(19)28-12-11-27-20)7-8-24-22(26)18-6-2-1-5-17(18)15-25-9-3-4-10-25;/h1-2,5-6,13-14H,3-4,7-12,15H2,(H,24,26);1H. The number of nitrogens with one attached hydrogen (secondary N) is 1. The third-order valence-electron chi connectivity index (χ3n) is 5.21. The second-order valence-electron chi connectivity index (χ2n) is 7.25. The maximum Gasteiger partial charge on any atom is 0.251 e. The first-order valence-electron chi connectivity index (χ1n) is 9.87. The molecule has 0 atom stereocenters. The van der Waals surface area contributed by atoms with Crippen LogP contribution < -0.4 is 14.8 Å². The van der Waals surface area contributed by atoms with E-state index in [2.05, 4.69) is 10.2 Å². The maximum atomic E-state index is 12.7. The first kappa shape index (κ1) is 21.9. The molecular weight excluding hydrogens is 456 g/mol. The summed E-state index contributed by atoms with van der Waals surface area (Å²) >= 11 is 6.29. The molecule has 29 heavy (non-hydrogen) atoms. The predicted octanol–water partition coefficient (Wildman–Crippen LogP) is 4.26. The van der Waals surface area contributed by atoms with E-state index in [-0.39, 0.29) is 22.9 Å². The Kier molecular flexibility index (Phi) is 7.81. The second-order valence-corrected chi connectivity index (χ2v) is 7.66. The van der Waals surface area contributed by atoms with Gasteiger partial charge in [0, 0.05) is 18.7 Å². The molecule has 0 aliphatic carbocycles. The van der Waals surface area contributed by atoms with Gasteiger partial charge in [-0.25, -0.2) is 0 Å². The number of hydrogen-bond acceptors (Lipinski definition) is 4. The molecule has 0 unspecified atom stereocenters. The van der Waals surface area contributed by atoms with Crippen LogP contribution in [0.1, 0.15) is 34.3 Å². The van der Waals surface area contributed by atoms with Gasteiger partial charge < -0.3 is 14.8 Å². The normalized spacial score (nSPS) is 15.6. The van der Waals surface area contributed by atoms with Crippen molar-refractivity contribution in [3.05, 3.63) is 58.1 Å². The van der Waals surface area contributed by atoms with Crippen LogP contribution in [0.5, 0.6) is 11.5 Å². The van der Waals surface area contributed by atoms with Crippen LogP contribution in [-0.4, -0.2) is 43.7 Å². The maximum absolute atomic E-state index is 12.7. The van der Waals surface area contributed by atoms with Crippen LogP contribution in [0.3, 0.4) is 0 Å². The molecule has 2 heterocycles. The molecule has 0 aromatic heterocycles. The lowest BCUT2D eigenvalue weighted by molar-refractivity contribution is 0.0952. The van der Waals surface area contributed by atoms with E-state index in [1.807, 2.05) is 36.4 Å². The lowest BCUT2D eigenvalue weighted by Crippen LogP contribution is -2.28. The Balaban J connectivity index is 0.00000240. The van der Waals surface area contributed by atoms with Crippen LogP contribution in [0.2, 0.25) is 5.02 Å². The molecule has 1 saturated heterocycles. The number of carbonyl (C=O) groups is 1. The van der Waals surface area contributed by atoms with Crippen molar-refractivity contribution in [2.24, 2.45) is 0 Å². The first-order valence-corrected chi connectivity index (χ1v) is 10.2. The Morgan fingerprint density at radius 3 is 2.69 bits per heavy atom. The van der Waals surface area contributed by atoms with Crippen molar-refractivity contribution in [2.75, 3.05) is 32.8 Å². The number of carbonyl (C=O) groups excluding carboxylic acids is 1. The summed E-state index contributed by atoms with van der Waals surface area (Å²) in [6.07, 6.45) is 3.16. The van der Waals surface area contributed by atoms with E-state index in [9.17, 15) is 4.79 Å². The summed E-state index contributed by atoms with van der Waals surface area (Å²) in [6.45, 7) is 4.63. The Labute approximate surface area is 187 Å². The minimum absolute atomic E-state index is 0. The minimum atomic E-state index is -0.0292. The molecule has 1 N–H and O–H groups in total. The van der Waals surface area contributed by atoms with Gasteiger partial charge in [0.15, 0.2) is 11.5 Å². The zero-order valence-corrected chi connectivity index (χ0v) is 18.8. The number of benzene rings is 2. The van der Waals surface area contributed by atoms with Crippen LogP contribution in [0, 0.1) is 0 Å². The summed E-state index contributed by atoms with van der Waals surface area (Å²) in [5.41, 5.74) is 2.86. The highest BCUT2D eigenvalue weighted by atomic mass is 79.9. The Morgan fingerprint density at radius 1 is 1.10 bits per heavy atom. The van der Waals surface area contributed by atoms with Gasteiger partial charge in [-0.1, -0.05) is 29.8 Å². The number of ether oxygens (including phenoxy) is 2. The molecule has 7 heteroatoms. The smallest absolute Gasteiger partial charge is 0.251 e. The number of halogens is 2. The van der Waals surface area contributed by atoms with Crippen molar-refractivity contribution in [3.8, 4) is 11.5 Å². The fourth-order valence-corrected chi connectivity index (χ4v) is 4.07. The molecule has 5 nitrogen and oxygen atoms in total.